The number of benzene rings is 2. The minimum absolute atomic E-state index is 0.0995. The Labute approximate surface area is 148 Å². The number of nitrogens with zero attached hydrogens (tertiary/aromatic N) is 2. The lowest BCUT2D eigenvalue weighted by Gasteiger charge is -2.05. The van der Waals surface area contributed by atoms with Gasteiger partial charge in [0.25, 0.3) is 5.69 Å². The molecule has 0 atom stereocenters. The van der Waals surface area contributed by atoms with Crippen molar-refractivity contribution >= 4 is 23.7 Å². The molecule has 0 fully saturated rings. The molecule has 26 heavy (non-hydrogen) atoms. The predicted molar refractivity (Wildman–Crippen MR) is 93.7 cm³/mol. The molecule has 9 nitrogen and oxygen atoms in total. The number of nitro groups is 1. The number of methoxy groups -OCH3 is 1. The lowest BCUT2D eigenvalue weighted by Crippen LogP contribution is -2.37. The van der Waals surface area contributed by atoms with Crippen molar-refractivity contribution in [3.8, 4) is 5.75 Å². The third kappa shape index (κ3) is 5.41. The molecule has 2 rings (SSSR count). The number of amides is 2. The van der Waals surface area contributed by atoms with Gasteiger partial charge in [-0.15, -0.1) is 0 Å². The molecule has 0 aliphatic carbocycles. The van der Waals surface area contributed by atoms with E-state index in [4.69, 9.17) is 4.74 Å². The molecule has 0 aliphatic heterocycles. The van der Waals surface area contributed by atoms with Crippen LogP contribution in [0.3, 0.4) is 0 Å². The zero-order valence-corrected chi connectivity index (χ0v) is 13.8. The summed E-state index contributed by atoms with van der Waals surface area (Å²) < 4.78 is 5.03. The van der Waals surface area contributed by atoms with Crippen molar-refractivity contribution in [2.45, 2.75) is 6.54 Å². The van der Waals surface area contributed by atoms with E-state index in [1.165, 1.54) is 24.4 Å². The van der Waals surface area contributed by atoms with Crippen molar-refractivity contribution in [2.24, 2.45) is 5.10 Å². The van der Waals surface area contributed by atoms with Crippen LogP contribution in [0.4, 0.5) is 5.69 Å². The summed E-state index contributed by atoms with van der Waals surface area (Å²) in [5.41, 5.74) is 3.18. The summed E-state index contributed by atoms with van der Waals surface area (Å²) in [6, 6.07) is 12.7. The lowest BCUT2D eigenvalue weighted by atomic mass is 10.2. The van der Waals surface area contributed by atoms with Crippen LogP contribution in [0.25, 0.3) is 0 Å². The SMILES string of the molecule is COc1ccc(CNC(=O)C(=O)N/N=C/c2cccc([N+](=O)[O-])c2)cc1. The first-order valence-electron chi connectivity index (χ1n) is 7.48. The maximum absolute atomic E-state index is 11.7. The first kappa shape index (κ1) is 18.6. The Hall–Kier alpha value is -3.75. The van der Waals surface area contributed by atoms with Crippen LogP contribution < -0.4 is 15.5 Å². The van der Waals surface area contributed by atoms with Gasteiger partial charge in [-0.1, -0.05) is 24.3 Å². The van der Waals surface area contributed by atoms with Crippen LogP contribution in [0.1, 0.15) is 11.1 Å². The number of non-ortho nitro benzene ring substituents is 1. The van der Waals surface area contributed by atoms with Crippen molar-refractivity contribution in [3.63, 3.8) is 0 Å². The van der Waals surface area contributed by atoms with Crippen molar-refractivity contribution < 1.29 is 19.2 Å². The summed E-state index contributed by atoms with van der Waals surface area (Å²) in [6.45, 7) is 0.171. The Morgan fingerprint density at radius 3 is 2.58 bits per heavy atom. The van der Waals surface area contributed by atoms with Gasteiger partial charge in [0, 0.05) is 24.2 Å². The van der Waals surface area contributed by atoms with Gasteiger partial charge in [0.15, 0.2) is 0 Å². The maximum Gasteiger partial charge on any atom is 0.329 e. The van der Waals surface area contributed by atoms with E-state index < -0.39 is 16.7 Å². The number of nitro benzene ring substituents is 1. The molecule has 2 aromatic rings. The Balaban J connectivity index is 1.83. The highest BCUT2D eigenvalue weighted by Crippen LogP contribution is 2.12. The van der Waals surface area contributed by atoms with E-state index in [-0.39, 0.29) is 12.2 Å². The van der Waals surface area contributed by atoms with Crippen molar-refractivity contribution in [3.05, 3.63) is 69.8 Å². The van der Waals surface area contributed by atoms with E-state index in [1.807, 2.05) is 0 Å². The van der Waals surface area contributed by atoms with E-state index in [1.54, 1.807) is 37.4 Å². The van der Waals surface area contributed by atoms with Gasteiger partial charge in [0.1, 0.15) is 5.75 Å². The Kier molecular flexibility index (Phi) is 6.38. The number of hydrogen-bond acceptors (Lipinski definition) is 6. The first-order valence-corrected chi connectivity index (χ1v) is 7.48. The van der Waals surface area contributed by atoms with E-state index in [0.29, 0.717) is 11.3 Å². The molecule has 0 aliphatic rings. The minimum atomic E-state index is -0.944. The second kappa shape index (κ2) is 8.92. The third-order valence-corrected chi connectivity index (χ3v) is 3.28. The van der Waals surface area contributed by atoms with Gasteiger partial charge in [0.05, 0.1) is 18.2 Å². The van der Waals surface area contributed by atoms with Crippen LogP contribution in [0, 0.1) is 10.1 Å². The van der Waals surface area contributed by atoms with Gasteiger partial charge in [-0.25, -0.2) is 5.43 Å². The molecule has 2 N–H and O–H groups in total. The first-order chi connectivity index (χ1) is 12.5. The summed E-state index contributed by atoms with van der Waals surface area (Å²) in [6.07, 6.45) is 1.21. The maximum atomic E-state index is 11.7. The predicted octanol–water partition coefficient (Wildman–Crippen LogP) is 1.37. The van der Waals surface area contributed by atoms with E-state index in [0.717, 1.165) is 5.56 Å². The molecule has 0 unspecified atom stereocenters. The summed E-state index contributed by atoms with van der Waals surface area (Å²) in [4.78, 5) is 33.5. The van der Waals surface area contributed by atoms with E-state index in [9.17, 15) is 19.7 Å². The number of rotatable bonds is 6. The van der Waals surface area contributed by atoms with E-state index >= 15 is 0 Å². The number of ether oxygens (including phenoxy) is 1. The quantitative estimate of drug-likeness (QED) is 0.350. The average molecular weight is 356 g/mol. The van der Waals surface area contributed by atoms with Crippen LogP contribution >= 0.6 is 0 Å². The normalized spacial score (nSPS) is 10.3. The monoisotopic (exact) mass is 356 g/mol. The molecule has 2 aromatic carbocycles. The summed E-state index contributed by atoms with van der Waals surface area (Å²) in [5.74, 6) is -1.11. The highest BCUT2D eigenvalue weighted by molar-refractivity contribution is 6.35. The average Bonchev–Trinajstić information content (AvgIpc) is 2.66. The third-order valence-electron chi connectivity index (χ3n) is 3.28. The Morgan fingerprint density at radius 2 is 1.92 bits per heavy atom. The fourth-order valence-corrected chi connectivity index (χ4v) is 1.94. The largest absolute Gasteiger partial charge is 0.497 e. The summed E-state index contributed by atoms with van der Waals surface area (Å²) in [5, 5.41) is 16.8. The lowest BCUT2D eigenvalue weighted by molar-refractivity contribution is -0.384. The molecule has 0 saturated heterocycles. The van der Waals surface area contributed by atoms with Crippen LogP contribution in [0.15, 0.2) is 53.6 Å². The number of carbonyl (C=O) groups excluding carboxylic acids is 2. The summed E-state index contributed by atoms with van der Waals surface area (Å²) in [7, 11) is 1.55. The van der Waals surface area contributed by atoms with Crippen molar-refractivity contribution in [1.82, 2.24) is 10.7 Å². The molecule has 0 aromatic heterocycles. The van der Waals surface area contributed by atoms with E-state index in [2.05, 4.69) is 15.8 Å². The molecule has 0 spiro atoms. The highest BCUT2D eigenvalue weighted by atomic mass is 16.6. The Bertz CT molecular complexity index is 833. The second-order valence-electron chi connectivity index (χ2n) is 5.08. The molecule has 2 amide bonds. The molecule has 0 bridgehead atoms. The number of hydrazone groups is 1. The molecule has 9 heteroatoms. The molecule has 0 heterocycles. The molecular weight excluding hydrogens is 340 g/mol. The minimum Gasteiger partial charge on any atom is -0.497 e. The molecular formula is C17H16N4O5. The van der Waals surface area contributed by atoms with Crippen LogP contribution in [-0.4, -0.2) is 30.1 Å². The topological polar surface area (TPSA) is 123 Å². The standard InChI is InChI=1S/C17H16N4O5/c1-26-15-7-5-12(6-8-15)10-18-16(22)17(23)20-19-11-13-3-2-4-14(9-13)21(24)25/h2-9,11H,10H2,1H3,(H,18,22)(H,20,23)/b19-11+. The number of carbonyl (C=O) groups is 2. The van der Waals surface area contributed by atoms with Crippen molar-refractivity contribution in [1.29, 1.82) is 0 Å². The van der Waals surface area contributed by atoms with Crippen LogP contribution in [0.5, 0.6) is 5.75 Å². The van der Waals surface area contributed by atoms with Gasteiger partial charge in [-0.2, -0.15) is 5.10 Å². The van der Waals surface area contributed by atoms with Crippen LogP contribution in [0.2, 0.25) is 0 Å². The fourth-order valence-electron chi connectivity index (χ4n) is 1.94. The molecule has 134 valence electrons. The molecule has 0 saturated carbocycles. The van der Waals surface area contributed by atoms with Gasteiger partial charge in [0.2, 0.25) is 0 Å². The fraction of sp³-hybridized carbons (Fsp3) is 0.118. The highest BCUT2D eigenvalue weighted by Gasteiger charge is 2.12. The second-order valence-corrected chi connectivity index (χ2v) is 5.08. The number of hydrogen-bond donors (Lipinski definition) is 2. The van der Waals surface area contributed by atoms with Gasteiger partial charge in [-0.05, 0) is 17.7 Å². The molecule has 0 radical (unpaired) electrons. The Morgan fingerprint density at radius 1 is 1.19 bits per heavy atom. The number of nitrogens with one attached hydrogen (secondary N) is 2. The van der Waals surface area contributed by atoms with Gasteiger partial charge >= 0.3 is 11.8 Å². The zero-order chi connectivity index (χ0) is 18.9. The smallest absolute Gasteiger partial charge is 0.329 e. The summed E-state index contributed by atoms with van der Waals surface area (Å²) >= 11 is 0. The van der Waals surface area contributed by atoms with Gasteiger partial charge in [-0.3, -0.25) is 19.7 Å². The van der Waals surface area contributed by atoms with Crippen molar-refractivity contribution in [2.75, 3.05) is 7.11 Å². The van der Waals surface area contributed by atoms with Crippen LogP contribution in [-0.2, 0) is 16.1 Å². The zero-order valence-electron chi connectivity index (χ0n) is 13.8. The van der Waals surface area contributed by atoms with Gasteiger partial charge < -0.3 is 10.1 Å².